The van der Waals surface area contributed by atoms with Crippen molar-refractivity contribution >= 4 is 35.0 Å². The molecule has 2 aromatic heterocycles. The third kappa shape index (κ3) is 3.33. The average Bonchev–Trinajstić information content (AvgIpc) is 3.45. The van der Waals surface area contributed by atoms with Crippen LogP contribution in [0.1, 0.15) is 27.7 Å². The maximum atomic E-state index is 4.63. The van der Waals surface area contributed by atoms with E-state index in [0.717, 1.165) is 22.6 Å². The van der Waals surface area contributed by atoms with Gasteiger partial charge < -0.3 is 0 Å². The maximum absolute atomic E-state index is 4.63. The highest BCUT2D eigenvalue weighted by Gasteiger charge is 2.16. The zero-order chi connectivity index (χ0) is 19.1. The van der Waals surface area contributed by atoms with Gasteiger partial charge in [0.05, 0.1) is 0 Å². The van der Waals surface area contributed by atoms with E-state index in [-0.39, 0.29) is 7.43 Å². The molecule has 4 aliphatic heterocycles. The molecular weight excluding hydrogens is 364 g/mol. The summed E-state index contributed by atoms with van der Waals surface area (Å²) in [4.78, 5) is 27.4. The molecule has 0 radical (unpaired) electrons. The minimum atomic E-state index is 0. The minimum absolute atomic E-state index is 0. The molecular formula is C21H22N8. The van der Waals surface area contributed by atoms with Crippen LogP contribution in [0.3, 0.4) is 0 Å². The van der Waals surface area contributed by atoms with E-state index in [1.807, 2.05) is 57.7 Å². The zero-order valence-electron chi connectivity index (χ0n) is 15.6. The lowest BCUT2D eigenvalue weighted by Gasteiger charge is -2.12. The van der Waals surface area contributed by atoms with Gasteiger partial charge in [-0.05, 0) is 48.6 Å². The molecule has 0 saturated heterocycles. The number of fused-ring (bicyclic) bond motifs is 2. The first-order chi connectivity index (χ1) is 13.7. The first-order valence-corrected chi connectivity index (χ1v) is 9.27. The van der Waals surface area contributed by atoms with Gasteiger partial charge in [0.25, 0.3) is 0 Å². The highest BCUT2D eigenvalue weighted by molar-refractivity contribution is 6.16. The van der Waals surface area contributed by atoms with Crippen molar-refractivity contribution in [3.8, 4) is 0 Å². The van der Waals surface area contributed by atoms with Gasteiger partial charge in [0.2, 0.25) is 0 Å². The number of hydrogen-bond acceptors (Lipinski definition) is 6. The lowest BCUT2D eigenvalue weighted by Crippen LogP contribution is -2.31. The van der Waals surface area contributed by atoms with Gasteiger partial charge in [-0.25, -0.2) is 30.0 Å². The quantitative estimate of drug-likeness (QED) is 0.666. The molecule has 0 aromatic carbocycles. The number of hydrogen-bond donors (Lipinski definition) is 0. The fraction of sp³-hybridized carbons (Fsp3) is 0.238. The Balaban J connectivity index is 0.000000485. The predicted molar refractivity (Wildman–Crippen MR) is 117 cm³/mol. The summed E-state index contributed by atoms with van der Waals surface area (Å²) in [5.74, 6) is 4.10. The van der Waals surface area contributed by atoms with Gasteiger partial charge in [0, 0.05) is 0 Å². The molecule has 0 amide bonds. The Hall–Kier alpha value is -3.68. The van der Waals surface area contributed by atoms with Gasteiger partial charge in [-0.1, -0.05) is 27.7 Å². The molecule has 0 aliphatic carbocycles. The van der Waals surface area contributed by atoms with Crippen molar-refractivity contribution in [3.05, 3.63) is 59.5 Å². The van der Waals surface area contributed by atoms with E-state index in [1.54, 1.807) is 0 Å². The first kappa shape index (κ1) is 18.7. The van der Waals surface area contributed by atoms with Gasteiger partial charge in [0.15, 0.2) is 23.3 Å². The van der Waals surface area contributed by atoms with Crippen LogP contribution in [0.15, 0.2) is 78.5 Å². The van der Waals surface area contributed by atoms with Gasteiger partial charge in [-0.2, -0.15) is 0 Å². The second-order valence-electron chi connectivity index (χ2n) is 6.57. The monoisotopic (exact) mass is 386 g/mol. The summed E-state index contributed by atoms with van der Waals surface area (Å²) in [5.41, 5.74) is 1.56. The first-order valence-electron chi connectivity index (χ1n) is 9.27. The Morgan fingerprint density at radius 3 is 1.48 bits per heavy atom. The van der Waals surface area contributed by atoms with Crippen molar-refractivity contribution in [2.45, 2.75) is 34.4 Å². The van der Waals surface area contributed by atoms with Crippen LogP contribution in [0, 0.1) is 0 Å². The van der Waals surface area contributed by atoms with Crippen molar-refractivity contribution in [3.63, 3.8) is 0 Å². The van der Waals surface area contributed by atoms with E-state index in [0.29, 0.717) is 30.0 Å². The summed E-state index contributed by atoms with van der Waals surface area (Å²) >= 11 is 0. The molecule has 146 valence electrons. The fourth-order valence-electron chi connectivity index (χ4n) is 3.11. The van der Waals surface area contributed by atoms with Crippen molar-refractivity contribution in [2.24, 2.45) is 30.0 Å². The van der Waals surface area contributed by atoms with Crippen LogP contribution in [0.25, 0.3) is 0 Å². The largest absolute Gasteiger partial charge is 0.292 e. The molecule has 6 rings (SSSR count). The number of amidine groups is 4. The maximum Gasteiger partial charge on any atom is 0.156 e. The molecule has 0 unspecified atom stereocenters. The van der Waals surface area contributed by atoms with Crippen molar-refractivity contribution in [1.82, 2.24) is 9.13 Å². The lowest BCUT2D eigenvalue weighted by atomic mass is 10.5. The van der Waals surface area contributed by atoms with Crippen LogP contribution in [0.5, 0.6) is 0 Å². The third-order valence-electron chi connectivity index (χ3n) is 4.29. The molecule has 0 N–H and O–H groups in total. The molecule has 8 heteroatoms. The smallest absolute Gasteiger partial charge is 0.156 e. The van der Waals surface area contributed by atoms with Crippen LogP contribution in [0.4, 0.5) is 11.6 Å². The summed E-state index contributed by atoms with van der Waals surface area (Å²) < 4.78 is 4.02. The standard InChI is InChI=1S/C17H10N8.C3H8.CH4/c1-2-11-18-10(1)20-14-5-6-16-22-12-3-4-13(19-12)23-17-8-7-15(21-11)25(17)9-24(14)16;1-3-2;/h1-8H,9H2;3H2,1-2H3;1H4. The van der Waals surface area contributed by atoms with Gasteiger partial charge in [-0.3, -0.25) is 9.13 Å². The summed E-state index contributed by atoms with van der Waals surface area (Å²) in [7, 11) is 0. The molecule has 6 heterocycles. The summed E-state index contributed by atoms with van der Waals surface area (Å²) in [6.07, 6.45) is 8.69. The molecule has 0 spiro atoms. The summed E-state index contributed by atoms with van der Waals surface area (Å²) in [5, 5.41) is 0. The summed E-state index contributed by atoms with van der Waals surface area (Å²) in [6.45, 7) is 4.76. The van der Waals surface area contributed by atoms with E-state index in [2.05, 4.69) is 43.8 Å². The van der Waals surface area contributed by atoms with Gasteiger partial charge in [-0.15, -0.1) is 0 Å². The topological polar surface area (TPSA) is 84.0 Å². The highest BCUT2D eigenvalue weighted by atomic mass is 15.3. The Bertz CT molecular complexity index is 1180. The van der Waals surface area contributed by atoms with E-state index in [9.17, 15) is 0 Å². The van der Waals surface area contributed by atoms with E-state index in [4.69, 9.17) is 0 Å². The van der Waals surface area contributed by atoms with Gasteiger partial charge in [0.1, 0.15) is 29.3 Å². The molecule has 29 heavy (non-hydrogen) atoms. The number of aromatic nitrogens is 2. The SMILES string of the molecule is C.C1=CC2=Nc3ccc4n3Cn3c(ccc3=NC3=NC(=N4)C=C3)=NC1=N2.CCC. The lowest BCUT2D eigenvalue weighted by molar-refractivity contribution is 0.579. The molecule has 2 aromatic rings. The van der Waals surface area contributed by atoms with Crippen LogP contribution >= 0.6 is 0 Å². The number of nitrogens with zero attached hydrogens (tertiary/aromatic N) is 8. The Morgan fingerprint density at radius 1 is 0.621 bits per heavy atom. The number of aliphatic imine (C=N–C) groups is 4. The van der Waals surface area contributed by atoms with Crippen LogP contribution in [-0.4, -0.2) is 32.5 Å². The van der Waals surface area contributed by atoms with Crippen molar-refractivity contribution in [1.29, 1.82) is 0 Å². The van der Waals surface area contributed by atoms with E-state index < -0.39 is 0 Å². The van der Waals surface area contributed by atoms with Crippen molar-refractivity contribution in [2.75, 3.05) is 0 Å². The second kappa shape index (κ2) is 7.38. The Kier molecular flexibility index (Phi) is 4.75. The van der Waals surface area contributed by atoms with Crippen LogP contribution < -0.4 is 11.0 Å². The number of rotatable bonds is 0. The fourth-order valence-corrected chi connectivity index (χ4v) is 3.11. The molecule has 0 saturated carbocycles. The normalized spacial score (nSPS) is 16.8. The second-order valence-corrected chi connectivity index (χ2v) is 6.57. The Labute approximate surface area is 168 Å². The third-order valence-corrected chi connectivity index (χ3v) is 4.29. The van der Waals surface area contributed by atoms with Crippen LogP contribution in [0.2, 0.25) is 0 Å². The summed E-state index contributed by atoms with van der Waals surface area (Å²) in [6, 6.07) is 7.75. The highest BCUT2D eigenvalue weighted by Crippen LogP contribution is 2.26. The van der Waals surface area contributed by atoms with Crippen molar-refractivity contribution < 1.29 is 0 Å². The minimum Gasteiger partial charge on any atom is -0.292 e. The van der Waals surface area contributed by atoms with Gasteiger partial charge >= 0.3 is 0 Å². The average molecular weight is 386 g/mol. The molecule has 0 atom stereocenters. The molecule has 8 nitrogen and oxygen atoms in total. The zero-order valence-corrected chi connectivity index (χ0v) is 15.6. The van der Waals surface area contributed by atoms with Crippen LogP contribution in [-0.2, 0) is 6.67 Å². The molecule has 4 aliphatic rings. The molecule has 0 fully saturated rings. The predicted octanol–water partition coefficient (Wildman–Crippen LogP) is 3.11. The van der Waals surface area contributed by atoms with E-state index in [1.165, 1.54) is 6.42 Å². The molecule has 6 bridgehead atoms. The van der Waals surface area contributed by atoms with E-state index >= 15 is 0 Å². The Morgan fingerprint density at radius 2 is 1.03 bits per heavy atom.